The molecule has 0 bridgehead atoms. The first kappa shape index (κ1) is 17.8. The third kappa shape index (κ3) is 4.53. The van der Waals surface area contributed by atoms with Gasteiger partial charge in [-0.25, -0.2) is 4.79 Å². The molecule has 6 nitrogen and oxygen atoms in total. The second-order valence-corrected chi connectivity index (χ2v) is 8.51. The largest absolute Gasteiger partial charge is 0.444 e. The lowest BCUT2D eigenvalue weighted by Gasteiger charge is -2.32. The van der Waals surface area contributed by atoms with Crippen molar-refractivity contribution in [2.45, 2.75) is 70.9 Å². The maximum absolute atomic E-state index is 12.1. The Bertz CT molecular complexity index is 656. The van der Waals surface area contributed by atoms with Crippen LogP contribution in [0.3, 0.4) is 0 Å². The number of carbonyl (C=O) groups is 1. The molecule has 0 spiro atoms. The average molecular weight is 344 g/mol. The molecular weight excluding hydrogens is 316 g/mol. The fourth-order valence-corrected chi connectivity index (χ4v) is 3.45. The van der Waals surface area contributed by atoms with Gasteiger partial charge in [-0.3, -0.25) is 4.68 Å². The van der Waals surface area contributed by atoms with Gasteiger partial charge in [-0.1, -0.05) is 0 Å². The summed E-state index contributed by atoms with van der Waals surface area (Å²) in [5.74, 6) is 0.394. The topological polar surface area (TPSA) is 71.2 Å². The molecule has 0 aromatic carbocycles. The van der Waals surface area contributed by atoms with Crippen LogP contribution in [-0.4, -0.2) is 39.5 Å². The third-order valence-electron chi connectivity index (χ3n) is 5.13. The first-order chi connectivity index (χ1) is 11.8. The van der Waals surface area contributed by atoms with Crippen LogP contribution in [0.1, 0.15) is 64.5 Å². The van der Waals surface area contributed by atoms with E-state index < -0.39 is 5.60 Å². The highest BCUT2D eigenvalue weighted by atomic mass is 16.6. The minimum absolute atomic E-state index is 0.165. The van der Waals surface area contributed by atoms with Gasteiger partial charge in [0.05, 0.1) is 11.8 Å². The normalized spacial score (nSPS) is 20.2. The van der Waals surface area contributed by atoms with Gasteiger partial charge in [-0.15, -0.1) is 0 Å². The molecule has 2 heterocycles. The molecule has 1 aliphatic heterocycles. The number of likely N-dealkylation sites (tertiary alicyclic amines) is 1. The summed E-state index contributed by atoms with van der Waals surface area (Å²) >= 11 is 0. The maximum atomic E-state index is 12.1. The summed E-state index contributed by atoms with van der Waals surface area (Å²) in [7, 11) is 0. The van der Waals surface area contributed by atoms with Crippen LogP contribution in [0.15, 0.2) is 12.3 Å². The summed E-state index contributed by atoms with van der Waals surface area (Å²) in [6, 6.07) is 4.40. The zero-order valence-electron chi connectivity index (χ0n) is 15.5. The summed E-state index contributed by atoms with van der Waals surface area (Å²) < 4.78 is 7.45. The lowest BCUT2D eigenvalue weighted by atomic mass is 9.94. The van der Waals surface area contributed by atoms with Crippen molar-refractivity contribution < 1.29 is 9.53 Å². The molecule has 1 aromatic rings. The second kappa shape index (κ2) is 6.70. The van der Waals surface area contributed by atoms with Gasteiger partial charge in [0.15, 0.2) is 0 Å². The summed E-state index contributed by atoms with van der Waals surface area (Å²) in [5.41, 5.74) is 0.823. The summed E-state index contributed by atoms with van der Waals surface area (Å²) in [6.45, 7) is 7.95. The smallest absolute Gasteiger partial charge is 0.410 e. The van der Waals surface area contributed by atoms with E-state index in [1.54, 1.807) is 4.90 Å². The summed E-state index contributed by atoms with van der Waals surface area (Å²) in [4.78, 5) is 13.9. The SMILES string of the molecule is CC(C)(C)OC(=O)N1CCC(c2ccn(CC3(CC#N)CC3)n2)CC1. The predicted octanol–water partition coefficient (Wildman–Crippen LogP) is 3.69. The number of amides is 1. The molecule has 0 N–H and O–H groups in total. The Balaban J connectivity index is 1.52. The van der Waals surface area contributed by atoms with Crippen molar-refractivity contribution in [3.63, 3.8) is 0 Å². The average Bonchev–Trinajstić information content (AvgIpc) is 3.13. The van der Waals surface area contributed by atoms with Crippen molar-refractivity contribution in [1.29, 1.82) is 5.26 Å². The van der Waals surface area contributed by atoms with Crippen LogP contribution in [0, 0.1) is 16.7 Å². The zero-order chi connectivity index (χ0) is 18.1. The lowest BCUT2D eigenvalue weighted by Crippen LogP contribution is -2.41. The molecule has 0 atom stereocenters. The van der Waals surface area contributed by atoms with Gasteiger partial charge in [-0.05, 0) is 52.5 Å². The molecular formula is C19H28N4O2. The number of hydrogen-bond acceptors (Lipinski definition) is 4. The zero-order valence-corrected chi connectivity index (χ0v) is 15.5. The Morgan fingerprint density at radius 3 is 2.64 bits per heavy atom. The van der Waals surface area contributed by atoms with E-state index in [0.717, 1.165) is 37.9 Å². The molecule has 0 radical (unpaired) electrons. The van der Waals surface area contributed by atoms with Crippen molar-refractivity contribution in [3.8, 4) is 6.07 Å². The van der Waals surface area contributed by atoms with E-state index >= 15 is 0 Å². The Hall–Kier alpha value is -2.03. The first-order valence-electron chi connectivity index (χ1n) is 9.19. The van der Waals surface area contributed by atoms with E-state index in [-0.39, 0.29) is 11.5 Å². The molecule has 0 unspecified atom stereocenters. The number of piperidine rings is 1. The number of hydrogen-bond donors (Lipinski definition) is 0. The number of carbonyl (C=O) groups excluding carboxylic acids is 1. The Morgan fingerprint density at radius 2 is 2.08 bits per heavy atom. The summed E-state index contributed by atoms with van der Waals surface area (Å²) in [5, 5.41) is 13.7. The summed E-state index contributed by atoms with van der Waals surface area (Å²) in [6.07, 6.45) is 6.53. The second-order valence-electron chi connectivity index (χ2n) is 8.51. The van der Waals surface area contributed by atoms with Crippen LogP contribution in [0.2, 0.25) is 0 Å². The quantitative estimate of drug-likeness (QED) is 0.835. The van der Waals surface area contributed by atoms with Crippen molar-refractivity contribution in [2.75, 3.05) is 13.1 Å². The monoisotopic (exact) mass is 344 g/mol. The standard InChI is InChI=1S/C19H28N4O2/c1-18(2,3)25-17(24)22-11-4-15(5-12-22)16-6-13-23(21-16)14-19(7-8-19)9-10-20/h6,13,15H,4-5,7-9,11-12,14H2,1-3H3. The third-order valence-corrected chi connectivity index (χ3v) is 5.13. The van der Waals surface area contributed by atoms with Gasteiger partial charge in [-0.2, -0.15) is 10.4 Å². The van der Waals surface area contributed by atoms with Crippen molar-refractivity contribution >= 4 is 6.09 Å². The predicted molar refractivity (Wildman–Crippen MR) is 93.9 cm³/mol. The van der Waals surface area contributed by atoms with E-state index in [1.807, 2.05) is 31.6 Å². The molecule has 2 aliphatic rings. The van der Waals surface area contributed by atoms with Gasteiger partial charge in [0.1, 0.15) is 5.60 Å². The highest BCUT2D eigenvalue weighted by molar-refractivity contribution is 5.68. The number of aromatic nitrogens is 2. The fraction of sp³-hybridized carbons (Fsp3) is 0.737. The van der Waals surface area contributed by atoms with Gasteiger partial charge < -0.3 is 9.64 Å². The highest BCUT2D eigenvalue weighted by Gasteiger charge is 2.43. The van der Waals surface area contributed by atoms with E-state index in [2.05, 4.69) is 12.1 Å². The Kier molecular flexibility index (Phi) is 4.77. The van der Waals surface area contributed by atoms with Crippen LogP contribution in [0.5, 0.6) is 0 Å². The molecule has 25 heavy (non-hydrogen) atoms. The molecule has 1 aromatic heterocycles. The van der Waals surface area contributed by atoms with Crippen molar-refractivity contribution in [3.05, 3.63) is 18.0 Å². The molecule has 136 valence electrons. The number of nitriles is 1. The van der Waals surface area contributed by atoms with E-state index in [0.29, 0.717) is 25.4 Å². The number of rotatable bonds is 4. The number of nitrogens with zero attached hydrogens (tertiary/aromatic N) is 4. The van der Waals surface area contributed by atoms with Gasteiger partial charge in [0.25, 0.3) is 0 Å². The molecule has 1 aliphatic carbocycles. The molecule has 1 saturated carbocycles. The van der Waals surface area contributed by atoms with E-state index in [1.165, 1.54) is 0 Å². The van der Waals surface area contributed by atoms with Crippen LogP contribution < -0.4 is 0 Å². The molecule has 6 heteroatoms. The maximum Gasteiger partial charge on any atom is 0.410 e. The minimum atomic E-state index is -0.450. The molecule has 1 amide bonds. The van der Waals surface area contributed by atoms with Crippen LogP contribution in [0.25, 0.3) is 0 Å². The highest BCUT2D eigenvalue weighted by Crippen LogP contribution is 2.49. The van der Waals surface area contributed by atoms with Gasteiger partial charge >= 0.3 is 6.09 Å². The first-order valence-corrected chi connectivity index (χ1v) is 9.19. The van der Waals surface area contributed by atoms with E-state index in [9.17, 15) is 4.79 Å². The molecule has 1 saturated heterocycles. The van der Waals surface area contributed by atoms with Gasteiger partial charge in [0, 0.05) is 43.6 Å². The minimum Gasteiger partial charge on any atom is -0.444 e. The van der Waals surface area contributed by atoms with Crippen LogP contribution in [-0.2, 0) is 11.3 Å². The van der Waals surface area contributed by atoms with Crippen LogP contribution in [0.4, 0.5) is 4.79 Å². The van der Waals surface area contributed by atoms with E-state index in [4.69, 9.17) is 15.1 Å². The molecule has 3 rings (SSSR count). The van der Waals surface area contributed by atoms with Crippen molar-refractivity contribution in [2.24, 2.45) is 5.41 Å². The van der Waals surface area contributed by atoms with Crippen molar-refractivity contribution in [1.82, 2.24) is 14.7 Å². The lowest BCUT2D eigenvalue weighted by molar-refractivity contribution is 0.0204. The van der Waals surface area contributed by atoms with Crippen LogP contribution >= 0.6 is 0 Å². The van der Waals surface area contributed by atoms with Gasteiger partial charge in [0.2, 0.25) is 0 Å². The Labute approximate surface area is 149 Å². The number of ether oxygens (including phenoxy) is 1. The molecule has 2 fully saturated rings. The Morgan fingerprint density at radius 1 is 1.40 bits per heavy atom. The fourth-order valence-electron chi connectivity index (χ4n) is 3.45.